The van der Waals surface area contributed by atoms with Gasteiger partial charge < -0.3 is 15.4 Å². The van der Waals surface area contributed by atoms with Crippen molar-refractivity contribution in [2.75, 3.05) is 32.1 Å². The van der Waals surface area contributed by atoms with E-state index in [2.05, 4.69) is 10.6 Å². The van der Waals surface area contributed by atoms with E-state index in [0.29, 0.717) is 25.6 Å². The average Bonchev–Trinajstić information content (AvgIpc) is 2.37. The predicted octanol–water partition coefficient (Wildman–Crippen LogP) is 1.67. The quantitative estimate of drug-likeness (QED) is 0.588. The maximum atomic E-state index is 13.2. The van der Waals surface area contributed by atoms with Crippen LogP contribution in [0, 0.1) is 17.5 Å². The molecule has 1 aromatic rings. The first-order valence-electron chi connectivity index (χ1n) is 5.68. The second-order valence-corrected chi connectivity index (χ2v) is 3.80. The number of ether oxygens (including phenoxy) is 1. The molecule has 0 aliphatic carbocycles. The first kappa shape index (κ1) is 15.3. The highest BCUT2D eigenvalue weighted by atomic mass is 19.2. The van der Waals surface area contributed by atoms with Gasteiger partial charge >= 0.3 is 0 Å². The van der Waals surface area contributed by atoms with Crippen LogP contribution in [-0.2, 0) is 9.53 Å². The first-order chi connectivity index (χ1) is 9.04. The molecule has 0 fully saturated rings. The van der Waals surface area contributed by atoms with Gasteiger partial charge in [0.05, 0.1) is 12.2 Å². The van der Waals surface area contributed by atoms with Gasteiger partial charge in [-0.25, -0.2) is 13.2 Å². The molecule has 2 N–H and O–H groups in total. The van der Waals surface area contributed by atoms with Crippen molar-refractivity contribution >= 4 is 11.6 Å². The van der Waals surface area contributed by atoms with E-state index in [-0.39, 0.29) is 12.2 Å². The Balaban J connectivity index is 2.42. The highest BCUT2D eigenvalue weighted by Crippen LogP contribution is 2.18. The maximum absolute atomic E-state index is 13.2. The summed E-state index contributed by atoms with van der Waals surface area (Å²) in [5.41, 5.74) is -0.385. The number of nitrogens with one attached hydrogen (secondary N) is 2. The SMILES string of the molecule is COCCCNC(=O)CNc1cc(F)cc(F)c1F. The van der Waals surface area contributed by atoms with E-state index in [4.69, 9.17) is 4.74 Å². The topological polar surface area (TPSA) is 50.4 Å². The Morgan fingerprint density at radius 2 is 2.05 bits per heavy atom. The van der Waals surface area contributed by atoms with Crippen molar-refractivity contribution in [1.82, 2.24) is 5.32 Å². The summed E-state index contributed by atoms with van der Waals surface area (Å²) in [6.45, 7) is 0.651. The fraction of sp³-hybridized carbons (Fsp3) is 0.417. The first-order valence-corrected chi connectivity index (χ1v) is 5.68. The molecular formula is C12H15F3N2O2. The van der Waals surface area contributed by atoms with Gasteiger partial charge in [-0.2, -0.15) is 0 Å². The summed E-state index contributed by atoms with van der Waals surface area (Å²) < 4.78 is 43.8. The Morgan fingerprint density at radius 3 is 2.74 bits per heavy atom. The van der Waals surface area contributed by atoms with Crippen LogP contribution in [0.2, 0.25) is 0 Å². The molecule has 106 valence electrons. The minimum Gasteiger partial charge on any atom is -0.385 e. The van der Waals surface area contributed by atoms with Crippen LogP contribution in [0.25, 0.3) is 0 Å². The summed E-state index contributed by atoms with van der Waals surface area (Å²) in [6.07, 6.45) is 0.644. The Hall–Kier alpha value is -1.76. The van der Waals surface area contributed by atoms with Gasteiger partial charge in [0.2, 0.25) is 5.91 Å². The Morgan fingerprint density at radius 1 is 1.32 bits per heavy atom. The molecule has 0 aliphatic rings. The maximum Gasteiger partial charge on any atom is 0.239 e. The van der Waals surface area contributed by atoms with Gasteiger partial charge in [0.25, 0.3) is 0 Å². The van der Waals surface area contributed by atoms with E-state index in [1.165, 1.54) is 0 Å². The average molecular weight is 276 g/mol. The molecule has 0 atom stereocenters. The summed E-state index contributed by atoms with van der Waals surface area (Å²) in [4.78, 5) is 11.3. The molecular weight excluding hydrogens is 261 g/mol. The molecule has 0 aliphatic heterocycles. The normalized spacial score (nSPS) is 10.3. The van der Waals surface area contributed by atoms with Crippen LogP contribution in [0.4, 0.5) is 18.9 Å². The number of benzene rings is 1. The number of methoxy groups -OCH3 is 1. The standard InChI is InChI=1S/C12H15F3N2O2/c1-19-4-2-3-16-11(18)7-17-10-6-8(13)5-9(14)12(10)15/h5-6,17H,2-4,7H2,1H3,(H,16,18). The van der Waals surface area contributed by atoms with Gasteiger partial charge in [-0.05, 0) is 6.42 Å². The molecule has 0 saturated carbocycles. The molecule has 0 unspecified atom stereocenters. The van der Waals surface area contributed by atoms with Crippen molar-refractivity contribution in [1.29, 1.82) is 0 Å². The zero-order chi connectivity index (χ0) is 14.3. The molecule has 0 heterocycles. The van der Waals surface area contributed by atoms with Gasteiger partial charge in [-0.3, -0.25) is 4.79 Å². The Labute approximate surface area is 108 Å². The second kappa shape index (κ2) is 7.63. The van der Waals surface area contributed by atoms with Crippen molar-refractivity contribution in [2.24, 2.45) is 0 Å². The van der Waals surface area contributed by atoms with Gasteiger partial charge in [-0.1, -0.05) is 0 Å². The number of hydrogen-bond acceptors (Lipinski definition) is 3. The lowest BCUT2D eigenvalue weighted by molar-refractivity contribution is -0.119. The van der Waals surface area contributed by atoms with Gasteiger partial charge in [0.15, 0.2) is 11.6 Å². The molecule has 1 rings (SSSR count). The fourth-order valence-corrected chi connectivity index (χ4v) is 1.37. The van der Waals surface area contributed by atoms with Crippen molar-refractivity contribution in [3.63, 3.8) is 0 Å². The third-order valence-corrected chi connectivity index (χ3v) is 2.28. The van der Waals surface area contributed by atoms with Gasteiger partial charge in [0.1, 0.15) is 5.82 Å². The summed E-state index contributed by atoms with van der Waals surface area (Å²) in [5, 5.41) is 4.88. The van der Waals surface area contributed by atoms with Crippen LogP contribution in [-0.4, -0.2) is 32.7 Å². The molecule has 0 spiro atoms. The van der Waals surface area contributed by atoms with Crippen LogP contribution in [0.5, 0.6) is 0 Å². The largest absolute Gasteiger partial charge is 0.385 e. The smallest absolute Gasteiger partial charge is 0.239 e. The summed E-state index contributed by atoms with van der Waals surface area (Å²) in [5.74, 6) is -3.83. The van der Waals surface area contributed by atoms with Crippen LogP contribution < -0.4 is 10.6 Å². The second-order valence-electron chi connectivity index (χ2n) is 3.80. The minimum absolute atomic E-state index is 0.271. The van der Waals surface area contributed by atoms with Gasteiger partial charge in [0, 0.05) is 32.4 Å². The third-order valence-electron chi connectivity index (χ3n) is 2.28. The molecule has 0 bridgehead atoms. The van der Waals surface area contributed by atoms with E-state index in [0.717, 1.165) is 6.07 Å². The van der Waals surface area contributed by atoms with E-state index < -0.39 is 23.4 Å². The molecule has 0 saturated heterocycles. The van der Waals surface area contributed by atoms with Crippen molar-refractivity contribution in [2.45, 2.75) is 6.42 Å². The molecule has 0 aromatic heterocycles. The van der Waals surface area contributed by atoms with Crippen LogP contribution >= 0.6 is 0 Å². The lowest BCUT2D eigenvalue weighted by Gasteiger charge is -2.09. The lowest BCUT2D eigenvalue weighted by Crippen LogP contribution is -2.31. The van der Waals surface area contributed by atoms with E-state index >= 15 is 0 Å². The van der Waals surface area contributed by atoms with Crippen molar-refractivity contribution in [3.8, 4) is 0 Å². The number of carbonyl (C=O) groups excluding carboxylic acids is 1. The van der Waals surface area contributed by atoms with Crippen molar-refractivity contribution < 1.29 is 22.7 Å². The lowest BCUT2D eigenvalue weighted by atomic mass is 10.3. The van der Waals surface area contributed by atoms with Crippen LogP contribution in [0.1, 0.15) is 6.42 Å². The van der Waals surface area contributed by atoms with E-state index in [1.807, 2.05) is 0 Å². The molecule has 0 radical (unpaired) electrons. The zero-order valence-electron chi connectivity index (χ0n) is 10.4. The number of halogens is 3. The highest BCUT2D eigenvalue weighted by Gasteiger charge is 2.11. The fourth-order valence-electron chi connectivity index (χ4n) is 1.37. The summed E-state index contributed by atoms with van der Waals surface area (Å²) in [7, 11) is 1.55. The summed E-state index contributed by atoms with van der Waals surface area (Å²) in [6, 6.07) is 1.22. The van der Waals surface area contributed by atoms with E-state index in [1.54, 1.807) is 7.11 Å². The number of amides is 1. The third kappa shape index (κ3) is 5.17. The monoisotopic (exact) mass is 276 g/mol. The van der Waals surface area contributed by atoms with E-state index in [9.17, 15) is 18.0 Å². The molecule has 1 aromatic carbocycles. The number of carbonyl (C=O) groups is 1. The predicted molar refractivity (Wildman–Crippen MR) is 64.3 cm³/mol. The van der Waals surface area contributed by atoms with Crippen molar-refractivity contribution in [3.05, 3.63) is 29.6 Å². The Kier molecular flexibility index (Phi) is 6.14. The summed E-state index contributed by atoms with van der Waals surface area (Å²) >= 11 is 0. The molecule has 19 heavy (non-hydrogen) atoms. The van der Waals surface area contributed by atoms with Crippen LogP contribution in [0.3, 0.4) is 0 Å². The van der Waals surface area contributed by atoms with Gasteiger partial charge in [-0.15, -0.1) is 0 Å². The molecule has 1 amide bonds. The minimum atomic E-state index is -1.30. The number of anilines is 1. The number of rotatable bonds is 7. The molecule has 4 nitrogen and oxygen atoms in total. The highest BCUT2D eigenvalue weighted by molar-refractivity contribution is 5.80. The molecule has 7 heteroatoms. The number of hydrogen-bond donors (Lipinski definition) is 2. The Bertz CT molecular complexity index is 441. The zero-order valence-corrected chi connectivity index (χ0v) is 10.4. The van der Waals surface area contributed by atoms with Crippen LogP contribution in [0.15, 0.2) is 12.1 Å².